The Hall–Kier alpha value is -2.82. The topological polar surface area (TPSA) is 75.6 Å². The van der Waals surface area contributed by atoms with Crippen LogP contribution in [-0.4, -0.2) is 23.1 Å². The molecule has 1 amide bonds. The summed E-state index contributed by atoms with van der Waals surface area (Å²) >= 11 is 0. The largest absolute Gasteiger partial charge is 0.481 e. The fourth-order valence-electron chi connectivity index (χ4n) is 1.87. The SMILES string of the molecule is Cc1ccccc1OC(C)C(=O)Nc1ccc(C(=O)O)cc1. The van der Waals surface area contributed by atoms with Crippen molar-refractivity contribution in [2.75, 3.05) is 5.32 Å². The third kappa shape index (κ3) is 3.85. The van der Waals surface area contributed by atoms with Crippen LogP contribution in [0.4, 0.5) is 5.69 Å². The van der Waals surface area contributed by atoms with E-state index in [-0.39, 0.29) is 11.5 Å². The number of hydrogen-bond acceptors (Lipinski definition) is 3. The molecule has 0 radical (unpaired) electrons. The van der Waals surface area contributed by atoms with Crippen molar-refractivity contribution in [3.05, 3.63) is 59.7 Å². The molecule has 0 aliphatic heterocycles. The predicted molar refractivity (Wildman–Crippen MR) is 83.3 cm³/mol. The number of carbonyl (C=O) groups is 2. The van der Waals surface area contributed by atoms with E-state index in [1.807, 2.05) is 25.1 Å². The molecule has 0 bridgehead atoms. The summed E-state index contributed by atoms with van der Waals surface area (Å²) in [6.07, 6.45) is -0.666. The molecule has 2 rings (SSSR count). The Morgan fingerprint density at radius 3 is 2.32 bits per heavy atom. The number of carboxylic acids is 1. The van der Waals surface area contributed by atoms with Crippen LogP contribution in [0.1, 0.15) is 22.8 Å². The highest BCUT2D eigenvalue weighted by molar-refractivity contribution is 5.95. The molecule has 2 aromatic carbocycles. The summed E-state index contributed by atoms with van der Waals surface area (Å²) in [5.41, 5.74) is 1.64. The molecule has 1 atom stereocenters. The van der Waals surface area contributed by atoms with Crippen LogP contribution in [0.3, 0.4) is 0 Å². The van der Waals surface area contributed by atoms with Crippen LogP contribution < -0.4 is 10.1 Å². The smallest absolute Gasteiger partial charge is 0.335 e. The van der Waals surface area contributed by atoms with Gasteiger partial charge in [-0.05, 0) is 49.7 Å². The number of hydrogen-bond donors (Lipinski definition) is 2. The summed E-state index contributed by atoms with van der Waals surface area (Å²) in [6.45, 7) is 3.57. The maximum Gasteiger partial charge on any atom is 0.335 e. The van der Waals surface area contributed by atoms with Crippen LogP contribution in [0.25, 0.3) is 0 Å². The predicted octanol–water partition coefficient (Wildman–Crippen LogP) is 3.10. The second-order valence-corrected chi connectivity index (χ2v) is 4.90. The van der Waals surface area contributed by atoms with Crippen LogP contribution in [-0.2, 0) is 4.79 Å². The summed E-state index contributed by atoms with van der Waals surface area (Å²) in [7, 11) is 0. The highest BCUT2D eigenvalue weighted by atomic mass is 16.5. The standard InChI is InChI=1S/C17H17NO4/c1-11-5-3-4-6-15(11)22-12(2)16(19)18-14-9-7-13(8-10-14)17(20)21/h3-10,12H,1-2H3,(H,18,19)(H,20,21). The van der Waals surface area contributed by atoms with Crippen molar-refractivity contribution in [1.82, 2.24) is 0 Å². The van der Waals surface area contributed by atoms with Gasteiger partial charge in [-0.25, -0.2) is 4.79 Å². The number of rotatable bonds is 5. The summed E-state index contributed by atoms with van der Waals surface area (Å²) < 4.78 is 5.63. The van der Waals surface area contributed by atoms with Crippen molar-refractivity contribution in [2.45, 2.75) is 20.0 Å². The Labute approximate surface area is 128 Å². The lowest BCUT2D eigenvalue weighted by Gasteiger charge is -2.16. The number of benzene rings is 2. The van der Waals surface area contributed by atoms with Gasteiger partial charge in [-0.1, -0.05) is 18.2 Å². The molecular formula is C17H17NO4. The molecule has 0 saturated carbocycles. The van der Waals surface area contributed by atoms with E-state index in [0.29, 0.717) is 11.4 Å². The van der Waals surface area contributed by atoms with Crippen molar-refractivity contribution >= 4 is 17.6 Å². The first kappa shape index (κ1) is 15.6. The van der Waals surface area contributed by atoms with Gasteiger partial charge in [0.1, 0.15) is 5.75 Å². The average molecular weight is 299 g/mol. The van der Waals surface area contributed by atoms with E-state index in [4.69, 9.17) is 9.84 Å². The van der Waals surface area contributed by atoms with Gasteiger partial charge >= 0.3 is 5.97 Å². The molecule has 0 aliphatic rings. The fourth-order valence-corrected chi connectivity index (χ4v) is 1.87. The Kier molecular flexibility index (Phi) is 4.78. The Morgan fingerprint density at radius 2 is 1.73 bits per heavy atom. The zero-order valence-corrected chi connectivity index (χ0v) is 12.4. The van der Waals surface area contributed by atoms with Gasteiger partial charge in [-0.3, -0.25) is 4.79 Å². The number of para-hydroxylation sites is 1. The summed E-state index contributed by atoms with van der Waals surface area (Å²) in [5.74, 6) is -0.646. The minimum absolute atomic E-state index is 0.169. The second-order valence-electron chi connectivity index (χ2n) is 4.90. The lowest BCUT2D eigenvalue weighted by molar-refractivity contribution is -0.122. The molecule has 2 aromatic rings. The van der Waals surface area contributed by atoms with Crippen LogP contribution in [0, 0.1) is 6.92 Å². The van der Waals surface area contributed by atoms with Gasteiger partial charge in [-0.15, -0.1) is 0 Å². The molecule has 5 nitrogen and oxygen atoms in total. The minimum Gasteiger partial charge on any atom is -0.481 e. The normalized spacial score (nSPS) is 11.5. The maximum atomic E-state index is 12.1. The number of amides is 1. The molecule has 2 N–H and O–H groups in total. The lowest BCUT2D eigenvalue weighted by atomic mass is 10.2. The van der Waals surface area contributed by atoms with Crippen LogP contribution in [0.5, 0.6) is 5.75 Å². The van der Waals surface area contributed by atoms with Crippen molar-refractivity contribution < 1.29 is 19.4 Å². The van der Waals surface area contributed by atoms with Crippen LogP contribution >= 0.6 is 0 Å². The summed E-state index contributed by atoms with van der Waals surface area (Å²) in [6, 6.07) is 13.4. The number of aromatic carboxylic acids is 1. The number of nitrogens with one attached hydrogen (secondary N) is 1. The molecule has 0 fully saturated rings. The van der Waals surface area contributed by atoms with Gasteiger partial charge in [0.25, 0.3) is 5.91 Å². The first-order valence-electron chi connectivity index (χ1n) is 6.84. The van der Waals surface area contributed by atoms with Crippen molar-refractivity contribution in [1.29, 1.82) is 0 Å². The Bertz CT molecular complexity index is 679. The number of carboxylic acid groups (broad SMARTS) is 1. The van der Waals surface area contributed by atoms with E-state index >= 15 is 0 Å². The molecule has 114 valence electrons. The molecular weight excluding hydrogens is 282 g/mol. The number of aryl methyl sites for hydroxylation is 1. The zero-order valence-electron chi connectivity index (χ0n) is 12.4. The van der Waals surface area contributed by atoms with E-state index in [2.05, 4.69) is 5.32 Å². The number of ether oxygens (including phenoxy) is 1. The second kappa shape index (κ2) is 6.76. The van der Waals surface area contributed by atoms with E-state index < -0.39 is 12.1 Å². The first-order chi connectivity index (χ1) is 10.5. The van der Waals surface area contributed by atoms with Crippen molar-refractivity contribution in [3.8, 4) is 5.75 Å². The van der Waals surface area contributed by atoms with Gasteiger partial charge in [0.05, 0.1) is 5.56 Å². The molecule has 0 spiro atoms. The number of carbonyl (C=O) groups excluding carboxylic acids is 1. The lowest BCUT2D eigenvalue weighted by Crippen LogP contribution is -2.30. The highest BCUT2D eigenvalue weighted by Gasteiger charge is 2.15. The van der Waals surface area contributed by atoms with Crippen LogP contribution in [0.2, 0.25) is 0 Å². The van der Waals surface area contributed by atoms with E-state index in [0.717, 1.165) is 5.56 Å². The number of anilines is 1. The van der Waals surface area contributed by atoms with Crippen molar-refractivity contribution in [2.24, 2.45) is 0 Å². The van der Waals surface area contributed by atoms with Gasteiger partial charge in [0, 0.05) is 5.69 Å². The first-order valence-corrected chi connectivity index (χ1v) is 6.84. The van der Waals surface area contributed by atoms with E-state index in [1.54, 1.807) is 25.1 Å². The van der Waals surface area contributed by atoms with Gasteiger partial charge in [0.2, 0.25) is 0 Å². The highest BCUT2D eigenvalue weighted by Crippen LogP contribution is 2.18. The molecule has 0 heterocycles. The Balaban J connectivity index is 1.99. The van der Waals surface area contributed by atoms with Gasteiger partial charge < -0.3 is 15.2 Å². The summed E-state index contributed by atoms with van der Waals surface area (Å²) in [5, 5.41) is 11.5. The molecule has 0 aliphatic carbocycles. The fraction of sp³-hybridized carbons (Fsp3) is 0.176. The molecule has 0 aromatic heterocycles. The average Bonchev–Trinajstić information content (AvgIpc) is 2.50. The minimum atomic E-state index is -1.01. The summed E-state index contributed by atoms with van der Waals surface area (Å²) in [4.78, 5) is 22.9. The maximum absolute atomic E-state index is 12.1. The molecule has 5 heteroatoms. The Morgan fingerprint density at radius 1 is 1.09 bits per heavy atom. The van der Waals surface area contributed by atoms with E-state index in [1.165, 1.54) is 12.1 Å². The van der Waals surface area contributed by atoms with Gasteiger partial charge in [-0.2, -0.15) is 0 Å². The zero-order chi connectivity index (χ0) is 16.1. The van der Waals surface area contributed by atoms with E-state index in [9.17, 15) is 9.59 Å². The van der Waals surface area contributed by atoms with Gasteiger partial charge in [0.15, 0.2) is 6.10 Å². The van der Waals surface area contributed by atoms with Crippen molar-refractivity contribution in [3.63, 3.8) is 0 Å². The third-order valence-electron chi connectivity index (χ3n) is 3.17. The van der Waals surface area contributed by atoms with Crippen LogP contribution in [0.15, 0.2) is 48.5 Å². The third-order valence-corrected chi connectivity index (χ3v) is 3.17. The molecule has 0 saturated heterocycles. The monoisotopic (exact) mass is 299 g/mol. The molecule has 22 heavy (non-hydrogen) atoms. The molecule has 1 unspecified atom stereocenters. The quantitative estimate of drug-likeness (QED) is 0.889.